The van der Waals surface area contributed by atoms with E-state index in [1.165, 1.54) is 24.3 Å². The van der Waals surface area contributed by atoms with Gasteiger partial charge in [-0.2, -0.15) is 8.42 Å². The van der Waals surface area contributed by atoms with Crippen molar-refractivity contribution < 1.29 is 27.0 Å². The summed E-state index contributed by atoms with van der Waals surface area (Å²) in [6.45, 7) is 0. The summed E-state index contributed by atoms with van der Waals surface area (Å²) in [6, 6.07) is 6.18. The number of carbonyl (C=O) groups is 2. The molecule has 2 aromatic carbocycles. The fraction of sp³-hybridized carbons (Fsp3) is 0. The van der Waals surface area contributed by atoms with Crippen LogP contribution in [0.5, 0.6) is 0 Å². The largest absolute Gasteiger partial charge is 0.397 e. The molecule has 6 nitrogen and oxygen atoms in total. The molecule has 0 heterocycles. The van der Waals surface area contributed by atoms with Crippen molar-refractivity contribution in [3.63, 3.8) is 0 Å². The summed E-state index contributed by atoms with van der Waals surface area (Å²) >= 11 is 0. The average Bonchev–Trinajstić information content (AvgIpc) is 2.45. The van der Waals surface area contributed by atoms with E-state index in [0.717, 1.165) is 0 Å². The van der Waals surface area contributed by atoms with Crippen LogP contribution in [0.2, 0.25) is 0 Å². The third-order valence-corrected chi connectivity index (χ3v) is 4.32. The van der Waals surface area contributed by atoms with Crippen LogP contribution in [-0.2, 0) is 10.1 Å². The molecule has 0 spiro atoms. The van der Waals surface area contributed by atoms with E-state index in [1.54, 1.807) is 0 Å². The maximum atomic E-state index is 14.2. The fourth-order valence-corrected chi connectivity index (χ4v) is 3.09. The van der Waals surface area contributed by atoms with Crippen LogP contribution >= 0.6 is 0 Å². The van der Waals surface area contributed by atoms with Crippen LogP contribution in [0, 0.1) is 5.82 Å². The lowest BCUT2D eigenvalue weighted by atomic mass is 9.83. The van der Waals surface area contributed by atoms with Crippen LogP contribution in [0.3, 0.4) is 0 Å². The normalized spacial score (nSPS) is 13.7. The molecule has 8 heteroatoms. The number of anilines is 1. The van der Waals surface area contributed by atoms with Crippen LogP contribution in [-0.4, -0.2) is 24.5 Å². The van der Waals surface area contributed by atoms with E-state index in [-0.39, 0.29) is 11.1 Å². The second-order valence-corrected chi connectivity index (χ2v) is 6.09. The van der Waals surface area contributed by atoms with Crippen LogP contribution < -0.4 is 5.73 Å². The molecule has 0 unspecified atom stereocenters. The predicted molar refractivity (Wildman–Crippen MR) is 73.9 cm³/mol. The Bertz CT molecular complexity index is 965. The standard InChI is InChI=1S/C14H8FNO5S/c15-8-5-9(22(19,20)21)12(16)11-10(8)13(17)6-3-1-2-4-7(6)14(11)18/h1-5H,16H2,(H,19,20,21). The molecule has 0 bridgehead atoms. The molecule has 22 heavy (non-hydrogen) atoms. The number of fused-ring (bicyclic) bond motifs is 2. The molecule has 0 aliphatic heterocycles. The summed E-state index contributed by atoms with van der Waals surface area (Å²) in [4.78, 5) is 23.8. The first-order valence-corrected chi connectivity index (χ1v) is 7.45. The van der Waals surface area contributed by atoms with Crippen LogP contribution in [0.15, 0.2) is 35.2 Å². The highest BCUT2D eigenvalue weighted by atomic mass is 32.2. The Balaban J connectivity index is 2.44. The highest BCUT2D eigenvalue weighted by Gasteiger charge is 2.36. The Morgan fingerprint density at radius 1 is 1.00 bits per heavy atom. The van der Waals surface area contributed by atoms with Crippen molar-refractivity contribution in [3.05, 3.63) is 58.4 Å². The molecule has 0 aromatic heterocycles. The molecule has 112 valence electrons. The average molecular weight is 321 g/mol. The maximum Gasteiger partial charge on any atom is 0.296 e. The van der Waals surface area contributed by atoms with Crippen LogP contribution in [0.25, 0.3) is 0 Å². The first-order valence-electron chi connectivity index (χ1n) is 6.01. The number of hydrogen-bond acceptors (Lipinski definition) is 5. The molecule has 1 aliphatic rings. The first-order chi connectivity index (χ1) is 10.2. The van der Waals surface area contributed by atoms with Gasteiger partial charge in [0.05, 0.1) is 16.8 Å². The summed E-state index contributed by atoms with van der Waals surface area (Å²) in [7, 11) is -4.84. The molecule has 0 amide bonds. The van der Waals surface area contributed by atoms with Crippen LogP contribution in [0.4, 0.5) is 10.1 Å². The van der Waals surface area contributed by atoms with Gasteiger partial charge in [0, 0.05) is 11.1 Å². The van der Waals surface area contributed by atoms with Crippen molar-refractivity contribution >= 4 is 27.4 Å². The Hall–Kier alpha value is -2.58. The Kier molecular flexibility index (Phi) is 2.91. The molecular weight excluding hydrogens is 313 g/mol. The molecule has 3 rings (SSSR count). The van der Waals surface area contributed by atoms with Gasteiger partial charge in [0.15, 0.2) is 11.6 Å². The lowest BCUT2D eigenvalue weighted by Crippen LogP contribution is -2.25. The number of benzene rings is 2. The second-order valence-electron chi connectivity index (χ2n) is 4.70. The van der Waals surface area contributed by atoms with Crippen molar-refractivity contribution in [2.75, 3.05) is 5.73 Å². The van der Waals surface area contributed by atoms with E-state index in [9.17, 15) is 22.4 Å². The quantitative estimate of drug-likeness (QED) is 0.517. The first kappa shape index (κ1) is 14.4. The van der Waals surface area contributed by atoms with E-state index in [0.29, 0.717) is 6.07 Å². The molecule has 0 atom stereocenters. The van der Waals surface area contributed by atoms with Gasteiger partial charge in [-0.1, -0.05) is 24.3 Å². The van der Waals surface area contributed by atoms with E-state index in [2.05, 4.69) is 0 Å². The maximum absolute atomic E-state index is 14.2. The fourth-order valence-electron chi connectivity index (χ4n) is 2.46. The minimum Gasteiger partial charge on any atom is -0.397 e. The monoisotopic (exact) mass is 321 g/mol. The summed E-state index contributed by atoms with van der Waals surface area (Å²) in [6.07, 6.45) is 0. The van der Waals surface area contributed by atoms with Gasteiger partial charge in [-0.15, -0.1) is 0 Å². The number of ketones is 2. The van der Waals surface area contributed by atoms with Gasteiger partial charge in [-0.25, -0.2) is 4.39 Å². The number of nitrogen functional groups attached to an aromatic ring is 1. The van der Waals surface area contributed by atoms with E-state index in [1.807, 2.05) is 0 Å². The van der Waals surface area contributed by atoms with Gasteiger partial charge < -0.3 is 5.73 Å². The Morgan fingerprint density at radius 3 is 2.00 bits per heavy atom. The third kappa shape index (κ3) is 1.85. The number of nitrogens with two attached hydrogens (primary N) is 1. The molecule has 1 aliphatic carbocycles. The Labute approximate surface area is 124 Å². The van der Waals surface area contributed by atoms with E-state index in [4.69, 9.17) is 10.3 Å². The van der Waals surface area contributed by atoms with Gasteiger partial charge >= 0.3 is 0 Å². The lowest BCUT2D eigenvalue weighted by Gasteiger charge is -2.20. The highest BCUT2D eigenvalue weighted by molar-refractivity contribution is 7.86. The van der Waals surface area contributed by atoms with Crippen molar-refractivity contribution in [2.45, 2.75) is 4.90 Å². The van der Waals surface area contributed by atoms with Crippen molar-refractivity contribution in [1.29, 1.82) is 0 Å². The Morgan fingerprint density at radius 2 is 1.50 bits per heavy atom. The molecule has 0 saturated carbocycles. The number of rotatable bonds is 1. The van der Waals surface area contributed by atoms with Gasteiger partial charge in [-0.3, -0.25) is 14.1 Å². The zero-order valence-electron chi connectivity index (χ0n) is 10.8. The van der Waals surface area contributed by atoms with Gasteiger partial charge in [0.2, 0.25) is 0 Å². The number of halogens is 1. The molecule has 0 saturated heterocycles. The predicted octanol–water partition coefficient (Wildman–Crippen LogP) is 1.43. The topological polar surface area (TPSA) is 115 Å². The third-order valence-electron chi connectivity index (χ3n) is 3.43. The summed E-state index contributed by atoms with van der Waals surface area (Å²) in [5, 5.41) is 0. The highest BCUT2D eigenvalue weighted by Crippen LogP contribution is 2.35. The molecule has 0 radical (unpaired) electrons. The molecular formula is C14H8FNO5S. The number of hydrogen-bond donors (Lipinski definition) is 2. The molecule has 0 fully saturated rings. The van der Waals surface area contributed by atoms with Crippen molar-refractivity contribution in [3.8, 4) is 0 Å². The van der Waals surface area contributed by atoms with Crippen LogP contribution in [0.1, 0.15) is 31.8 Å². The van der Waals surface area contributed by atoms with Crippen molar-refractivity contribution in [2.24, 2.45) is 0 Å². The lowest BCUT2D eigenvalue weighted by molar-refractivity contribution is 0.0976. The number of carbonyl (C=O) groups excluding carboxylic acids is 2. The van der Waals surface area contributed by atoms with Gasteiger partial charge in [0.25, 0.3) is 10.1 Å². The second kappa shape index (κ2) is 4.46. The zero-order chi connectivity index (χ0) is 16.2. The summed E-state index contributed by atoms with van der Waals surface area (Å²) in [5.74, 6) is -2.77. The van der Waals surface area contributed by atoms with Gasteiger partial charge in [-0.05, 0) is 6.07 Å². The van der Waals surface area contributed by atoms with Crippen molar-refractivity contribution in [1.82, 2.24) is 0 Å². The molecule has 2 aromatic rings. The van der Waals surface area contributed by atoms with E-state index < -0.39 is 49.2 Å². The SMILES string of the molecule is Nc1c(S(=O)(=O)O)cc(F)c2c1C(=O)c1ccccc1C2=O. The minimum absolute atomic E-state index is 0.00131. The van der Waals surface area contributed by atoms with E-state index >= 15 is 0 Å². The summed E-state index contributed by atoms with van der Waals surface area (Å²) < 4.78 is 45.7. The molecule has 3 N–H and O–H groups in total. The smallest absolute Gasteiger partial charge is 0.296 e. The zero-order valence-corrected chi connectivity index (χ0v) is 11.6. The summed E-state index contributed by atoms with van der Waals surface area (Å²) in [5.41, 5.74) is 3.82. The minimum atomic E-state index is -4.84. The van der Waals surface area contributed by atoms with Gasteiger partial charge in [0.1, 0.15) is 10.7 Å².